The lowest BCUT2D eigenvalue weighted by Crippen LogP contribution is -2.34. The first kappa shape index (κ1) is 34.4. The molecule has 1 aromatic rings. The molecule has 2 unspecified atom stereocenters. The maximum atomic E-state index is 12.3. The van der Waals surface area contributed by atoms with Gasteiger partial charge in [-0.15, -0.1) is 0 Å². The van der Waals surface area contributed by atoms with E-state index in [0.717, 1.165) is 17.4 Å². The number of amides is 1. The molecule has 9 N–H and O–H groups in total. The number of unbranched alkanes of at least 4 members (excludes halogenated alkanes) is 2. The van der Waals surface area contributed by atoms with E-state index in [2.05, 4.69) is 23.4 Å². The second-order valence-electron chi connectivity index (χ2n) is 8.41. The predicted octanol–water partition coefficient (Wildman–Crippen LogP) is -0.780. The number of H-pyrrole nitrogens is 1. The van der Waals surface area contributed by atoms with Crippen LogP contribution in [0.25, 0.3) is 0 Å². The van der Waals surface area contributed by atoms with Crippen LogP contribution in [0, 0.1) is 0 Å². The normalized spacial score (nSPS) is 22.7. The highest BCUT2D eigenvalue weighted by Crippen LogP contribution is 2.66. The molecule has 0 aromatic carbocycles. The first-order valence-electron chi connectivity index (χ1n) is 11.6. The van der Waals surface area contributed by atoms with E-state index in [4.69, 9.17) is 20.3 Å². The lowest BCUT2D eigenvalue weighted by molar-refractivity contribution is -0.120. The summed E-state index contributed by atoms with van der Waals surface area (Å²) in [5.74, 6) is -0.220. The van der Waals surface area contributed by atoms with E-state index in [9.17, 15) is 43.0 Å². The summed E-state index contributed by atoms with van der Waals surface area (Å²) in [6.45, 7) is -0.382. The first-order chi connectivity index (χ1) is 18.5. The van der Waals surface area contributed by atoms with E-state index in [1.54, 1.807) is 0 Å². The molecule has 1 saturated heterocycles. The Morgan fingerprint density at radius 2 is 1.85 bits per heavy atom. The van der Waals surface area contributed by atoms with E-state index in [-0.39, 0.29) is 24.3 Å². The molecule has 22 heteroatoms. The van der Waals surface area contributed by atoms with Crippen molar-refractivity contribution < 1.29 is 61.1 Å². The summed E-state index contributed by atoms with van der Waals surface area (Å²) in [5, 5.41) is 12.8. The van der Waals surface area contributed by atoms with Gasteiger partial charge in [0.05, 0.1) is 12.7 Å². The molecule has 0 radical (unpaired) electrons. The van der Waals surface area contributed by atoms with Crippen LogP contribution in [0.2, 0.25) is 0 Å². The van der Waals surface area contributed by atoms with Crippen LogP contribution in [0.1, 0.15) is 43.9 Å². The van der Waals surface area contributed by atoms with Gasteiger partial charge in [-0.2, -0.15) is 8.62 Å². The summed E-state index contributed by atoms with van der Waals surface area (Å²) >= 11 is 0. The Morgan fingerprint density at radius 1 is 1.15 bits per heavy atom. The highest BCUT2D eigenvalue weighted by molar-refractivity contribution is 7.66. The maximum Gasteiger partial charge on any atom is 0.490 e. The summed E-state index contributed by atoms with van der Waals surface area (Å²) in [6.07, 6.45) is 2.45. The van der Waals surface area contributed by atoms with E-state index in [1.165, 1.54) is 18.5 Å². The number of allylic oxidation sites excluding steroid dienone is 1. The Bertz CT molecular complexity index is 1310. The number of aromatic amines is 1. The number of hydrogen-bond donors (Lipinski definition) is 8. The fourth-order valence-electron chi connectivity index (χ4n) is 3.41. The van der Waals surface area contributed by atoms with Gasteiger partial charge in [0.1, 0.15) is 12.3 Å². The maximum absolute atomic E-state index is 12.3. The van der Waals surface area contributed by atoms with Gasteiger partial charge >= 0.3 is 29.2 Å². The number of ether oxygens (including phenoxy) is 1. The molecule has 1 aromatic heterocycles. The van der Waals surface area contributed by atoms with Crippen LogP contribution in [-0.2, 0) is 42.8 Å². The zero-order valence-corrected chi connectivity index (χ0v) is 23.5. The van der Waals surface area contributed by atoms with Gasteiger partial charge in [0.2, 0.25) is 5.91 Å². The van der Waals surface area contributed by atoms with Crippen LogP contribution in [0.3, 0.4) is 0 Å². The zero-order valence-electron chi connectivity index (χ0n) is 20.8. The van der Waals surface area contributed by atoms with Crippen LogP contribution in [0.15, 0.2) is 28.1 Å². The third kappa shape index (κ3) is 12.0. The average molecular weight is 636 g/mol. The molecule has 1 fully saturated rings. The van der Waals surface area contributed by atoms with Crippen molar-refractivity contribution in [2.24, 2.45) is 5.73 Å². The molecule has 2 heterocycles. The molecule has 1 aliphatic heterocycles. The zero-order chi connectivity index (χ0) is 30.1. The van der Waals surface area contributed by atoms with Crippen molar-refractivity contribution in [1.82, 2.24) is 14.9 Å². The minimum atomic E-state index is -5.73. The average Bonchev–Trinajstić information content (AvgIpc) is 3.17. The molecule has 40 heavy (non-hydrogen) atoms. The number of carbonyl (C=O) groups excluding carboxylic acids is 1. The van der Waals surface area contributed by atoms with Crippen LogP contribution in [-0.4, -0.2) is 65.5 Å². The highest BCUT2D eigenvalue weighted by atomic mass is 31.3. The minimum absolute atomic E-state index is 0.00775. The number of phosphoric ester groups is 1. The van der Waals surface area contributed by atoms with Crippen LogP contribution in [0.5, 0.6) is 0 Å². The van der Waals surface area contributed by atoms with Crippen molar-refractivity contribution in [2.45, 2.75) is 57.0 Å². The molecule has 1 amide bonds. The van der Waals surface area contributed by atoms with Crippen molar-refractivity contribution in [3.05, 3.63) is 44.9 Å². The Hall–Kier alpha value is -1.82. The van der Waals surface area contributed by atoms with Gasteiger partial charge in [-0.1, -0.05) is 12.5 Å². The van der Waals surface area contributed by atoms with Gasteiger partial charge in [-0.3, -0.25) is 23.7 Å². The lowest BCUT2D eigenvalue weighted by Gasteiger charge is -2.19. The number of hydrogen-bond acceptors (Lipinski definition) is 12. The van der Waals surface area contributed by atoms with Gasteiger partial charge in [0.25, 0.3) is 5.56 Å². The fraction of sp³-hybridized carbons (Fsp3) is 0.611. The summed E-state index contributed by atoms with van der Waals surface area (Å²) in [7, 11) is -16.8. The molecule has 0 spiro atoms. The number of nitrogens with zero attached hydrogens (tertiary/aromatic N) is 1. The van der Waals surface area contributed by atoms with Gasteiger partial charge < -0.3 is 40.5 Å². The van der Waals surface area contributed by atoms with Gasteiger partial charge in [-0.25, -0.2) is 18.5 Å². The number of aliphatic hydroxyl groups is 1. The molecule has 0 aliphatic carbocycles. The third-order valence-electron chi connectivity index (χ3n) is 5.18. The molecule has 228 valence electrons. The summed E-state index contributed by atoms with van der Waals surface area (Å²) < 4.78 is 52.0. The SMILES string of the molecule is NCCCCCC(=O)NC=CCc1cn([C@H]2C[C@H](O)[C@@H](COP(=O)(O)OP(=O)(O)OP(=O)(O)O)O2)c(=O)[nH]c1=O. The van der Waals surface area contributed by atoms with Crippen LogP contribution in [0.4, 0.5) is 0 Å². The highest BCUT2D eigenvalue weighted by Gasteiger charge is 2.43. The lowest BCUT2D eigenvalue weighted by atomic mass is 10.2. The fourth-order valence-corrected chi connectivity index (χ4v) is 6.44. The summed E-state index contributed by atoms with van der Waals surface area (Å²) in [4.78, 5) is 74.3. The summed E-state index contributed by atoms with van der Waals surface area (Å²) in [5.41, 5.74) is 3.90. The number of nitrogens with two attached hydrogens (primary N) is 1. The van der Waals surface area contributed by atoms with E-state index in [1.807, 2.05) is 0 Å². The van der Waals surface area contributed by atoms with Crippen LogP contribution >= 0.6 is 23.5 Å². The second-order valence-corrected chi connectivity index (χ2v) is 12.8. The van der Waals surface area contributed by atoms with Crippen molar-refractivity contribution in [2.75, 3.05) is 13.2 Å². The third-order valence-corrected chi connectivity index (χ3v) is 8.98. The van der Waals surface area contributed by atoms with Crippen molar-refractivity contribution in [1.29, 1.82) is 0 Å². The molecule has 0 saturated carbocycles. The van der Waals surface area contributed by atoms with Gasteiger partial charge in [0.15, 0.2) is 0 Å². The topological polar surface area (TPSA) is 299 Å². The molecular formula is C18H31N4O15P3. The standard InChI is InChI=1S/C18H31N4O15P3/c19-7-3-1-2-6-15(24)20-8-4-5-12-10-22(18(26)21-17(12)25)16-9-13(23)14(35-16)11-34-39(30,31)37-40(32,33)36-38(27,28)29/h4,8,10,13-14,16,23H,1-3,5-7,9,11,19H2,(H,20,24)(H,30,31)(H,32,33)(H,21,25,26)(H2,27,28,29)/t13-,14+,16+/m0/s1. The number of aliphatic hydroxyl groups excluding tert-OH is 1. The van der Waals surface area contributed by atoms with E-state index >= 15 is 0 Å². The molecule has 19 nitrogen and oxygen atoms in total. The van der Waals surface area contributed by atoms with Crippen molar-refractivity contribution in [3.8, 4) is 0 Å². The number of aromatic nitrogens is 2. The Balaban J connectivity index is 1.98. The van der Waals surface area contributed by atoms with Crippen molar-refractivity contribution in [3.63, 3.8) is 0 Å². The summed E-state index contributed by atoms with van der Waals surface area (Å²) in [6, 6.07) is 0. The van der Waals surface area contributed by atoms with Crippen LogP contribution < -0.4 is 22.3 Å². The molecular weight excluding hydrogens is 605 g/mol. The van der Waals surface area contributed by atoms with E-state index < -0.39 is 59.8 Å². The van der Waals surface area contributed by atoms with Gasteiger partial charge in [-0.05, 0) is 25.8 Å². The Kier molecular flexibility index (Phi) is 12.8. The number of rotatable bonds is 16. The molecule has 0 bridgehead atoms. The van der Waals surface area contributed by atoms with Gasteiger partial charge in [0, 0.05) is 30.8 Å². The quantitative estimate of drug-likeness (QED) is 0.0815. The number of carbonyl (C=O) groups is 1. The Labute approximate surface area is 226 Å². The minimum Gasteiger partial charge on any atom is -0.390 e. The Morgan fingerprint density at radius 3 is 2.50 bits per heavy atom. The molecule has 5 atom stereocenters. The molecule has 2 rings (SSSR count). The molecule has 1 aliphatic rings. The smallest absolute Gasteiger partial charge is 0.390 e. The predicted molar refractivity (Wildman–Crippen MR) is 134 cm³/mol. The largest absolute Gasteiger partial charge is 0.490 e. The first-order valence-corrected chi connectivity index (χ1v) is 16.1. The number of phosphoric acid groups is 3. The second kappa shape index (κ2) is 14.9. The number of nitrogens with one attached hydrogen (secondary N) is 2. The monoisotopic (exact) mass is 636 g/mol. The van der Waals surface area contributed by atoms with Crippen molar-refractivity contribution >= 4 is 29.4 Å². The van der Waals surface area contributed by atoms with E-state index in [0.29, 0.717) is 19.4 Å².